The Morgan fingerprint density at radius 1 is 1.33 bits per heavy atom. The Hall–Kier alpha value is 0.593. The molecule has 0 radical (unpaired) electrons. The van der Waals surface area contributed by atoms with E-state index in [2.05, 4.69) is 25.5 Å². The van der Waals surface area contributed by atoms with E-state index in [0.717, 1.165) is 11.0 Å². The molecule has 15 heavy (non-hydrogen) atoms. The molecule has 3 nitrogen and oxygen atoms in total. The van der Waals surface area contributed by atoms with Crippen LogP contribution in [0.25, 0.3) is 0 Å². The summed E-state index contributed by atoms with van der Waals surface area (Å²) in [4.78, 5) is 9.42. The SMILES string of the molecule is CCC[CH2][Zn][CH2]CCC.O=C(O)NSS. The Morgan fingerprint density at radius 2 is 1.80 bits per heavy atom. The number of carboxylic acid groups (broad SMARTS) is 1. The van der Waals surface area contributed by atoms with Gasteiger partial charge in [0, 0.05) is 11.0 Å². The van der Waals surface area contributed by atoms with Gasteiger partial charge in [0.25, 0.3) is 0 Å². The van der Waals surface area contributed by atoms with E-state index in [4.69, 9.17) is 5.11 Å². The Bertz CT molecular complexity index is 133. The van der Waals surface area contributed by atoms with Crippen LogP contribution in [-0.4, -0.2) is 11.2 Å². The van der Waals surface area contributed by atoms with Crippen molar-refractivity contribution in [1.29, 1.82) is 0 Å². The fraction of sp³-hybridized carbons (Fsp3) is 0.889. The van der Waals surface area contributed by atoms with Gasteiger partial charge in [0.1, 0.15) is 0 Å². The standard InChI is InChI=1S/2C4H9.CH3NO2S2.Zn/c2*1-3-4-2;3-1(4)2-6-5;/h2*1,3-4H2,2H3;2,5H,(H,3,4);. The van der Waals surface area contributed by atoms with Gasteiger partial charge in [-0.05, 0) is 0 Å². The van der Waals surface area contributed by atoms with Gasteiger partial charge in [0.05, 0.1) is 0 Å². The van der Waals surface area contributed by atoms with E-state index in [1.165, 1.54) is 25.7 Å². The van der Waals surface area contributed by atoms with Crippen LogP contribution in [-0.2, 0) is 17.1 Å². The summed E-state index contributed by atoms with van der Waals surface area (Å²) in [5.41, 5.74) is 0. The predicted octanol–water partition coefficient (Wildman–Crippen LogP) is 4.25. The molecule has 0 spiro atoms. The van der Waals surface area contributed by atoms with Crippen molar-refractivity contribution in [3.05, 3.63) is 0 Å². The second-order valence-electron chi connectivity index (χ2n) is 3.27. The molecular formula is C9H21NO2S2Zn. The Morgan fingerprint density at radius 3 is 2.00 bits per heavy atom. The van der Waals surface area contributed by atoms with Crippen LogP contribution in [0.5, 0.6) is 0 Å². The third-order valence-electron chi connectivity index (χ3n) is 1.84. The second kappa shape index (κ2) is 17.0. The molecule has 0 fully saturated rings. The summed E-state index contributed by atoms with van der Waals surface area (Å²) in [6.45, 7) is 4.59. The maximum absolute atomic E-state index is 9.42. The van der Waals surface area contributed by atoms with Crippen LogP contribution in [0, 0.1) is 0 Å². The van der Waals surface area contributed by atoms with Crippen molar-refractivity contribution in [3.8, 4) is 0 Å². The van der Waals surface area contributed by atoms with E-state index in [0.29, 0.717) is 0 Å². The molecule has 1 amide bonds. The molecular weight excluding hydrogens is 284 g/mol. The number of hydrogen-bond donors (Lipinski definition) is 3. The molecule has 0 aromatic heterocycles. The molecule has 0 atom stereocenters. The number of unbranched alkanes of at least 4 members (excludes halogenated alkanes) is 2. The number of hydrogen-bond acceptors (Lipinski definition) is 3. The van der Waals surface area contributed by atoms with Crippen LogP contribution >= 0.6 is 22.6 Å². The first-order valence-corrected chi connectivity index (χ1v) is 11.5. The minimum absolute atomic E-state index is 0.0146. The largest absolute Gasteiger partial charge is 0.464 e. The van der Waals surface area contributed by atoms with Crippen LogP contribution in [0.2, 0.25) is 10.0 Å². The maximum atomic E-state index is 9.42. The van der Waals surface area contributed by atoms with E-state index in [-0.39, 0.29) is 17.1 Å². The van der Waals surface area contributed by atoms with Gasteiger partial charge in [-0.1, -0.05) is 11.7 Å². The number of nitrogens with one attached hydrogen (secondary N) is 1. The zero-order chi connectivity index (χ0) is 11.9. The Kier molecular flexibility index (Phi) is 20.4. The summed E-state index contributed by atoms with van der Waals surface area (Å²) in [5.74, 6) is 0. The molecule has 88 valence electrons. The molecule has 6 heteroatoms. The van der Waals surface area contributed by atoms with E-state index in [9.17, 15) is 4.79 Å². The first-order valence-electron chi connectivity index (χ1n) is 5.48. The summed E-state index contributed by atoms with van der Waals surface area (Å²) < 4.78 is 1.91. The van der Waals surface area contributed by atoms with Gasteiger partial charge in [0.2, 0.25) is 0 Å². The zero-order valence-corrected chi connectivity index (χ0v) is 14.3. The van der Waals surface area contributed by atoms with Crippen molar-refractivity contribution < 1.29 is 27.0 Å². The fourth-order valence-electron chi connectivity index (χ4n) is 1.07. The molecule has 0 aliphatic carbocycles. The zero-order valence-electron chi connectivity index (χ0n) is 9.66. The molecule has 0 aliphatic heterocycles. The van der Waals surface area contributed by atoms with E-state index in [1.54, 1.807) is 10.0 Å². The van der Waals surface area contributed by atoms with Gasteiger partial charge in [-0.3, -0.25) is 4.72 Å². The molecule has 2 N–H and O–H groups in total. The normalized spacial score (nSPS) is 8.47. The molecule has 0 rings (SSSR count). The van der Waals surface area contributed by atoms with Crippen LogP contribution in [0.15, 0.2) is 0 Å². The first kappa shape index (κ1) is 18.0. The third-order valence-corrected chi connectivity index (χ3v) is 6.58. The first-order chi connectivity index (χ1) is 7.18. The third kappa shape index (κ3) is 25.1. The van der Waals surface area contributed by atoms with E-state index < -0.39 is 6.09 Å². The van der Waals surface area contributed by atoms with Crippen LogP contribution in [0.4, 0.5) is 4.79 Å². The summed E-state index contributed by atoms with van der Waals surface area (Å²) in [6, 6.07) is 0. The minimum atomic E-state index is -1.07. The molecule has 0 aromatic rings. The van der Waals surface area contributed by atoms with E-state index in [1.807, 2.05) is 4.72 Å². The average Bonchev–Trinajstić information content (AvgIpc) is 2.18. The number of rotatable bonds is 7. The molecule has 0 unspecified atom stereocenters. The van der Waals surface area contributed by atoms with E-state index >= 15 is 0 Å². The van der Waals surface area contributed by atoms with Crippen molar-refractivity contribution in [2.45, 2.75) is 49.6 Å². The van der Waals surface area contributed by atoms with Crippen molar-refractivity contribution in [2.75, 3.05) is 0 Å². The summed E-state index contributed by atoms with van der Waals surface area (Å²) in [6.07, 6.45) is 4.79. The van der Waals surface area contributed by atoms with Crippen LogP contribution in [0.1, 0.15) is 39.5 Å². The fourth-order valence-corrected chi connectivity index (χ4v) is 5.71. The quantitative estimate of drug-likeness (QED) is 0.217. The second-order valence-corrected chi connectivity index (χ2v) is 8.65. The smallest absolute Gasteiger partial charge is 0.415 e. The van der Waals surface area contributed by atoms with Crippen molar-refractivity contribution in [3.63, 3.8) is 0 Å². The predicted molar refractivity (Wildman–Crippen MR) is 67.2 cm³/mol. The van der Waals surface area contributed by atoms with Crippen molar-refractivity contribution in [1.82, 2.24) is 4.72 Å². The number of thiol groups is 1. The monoisotopic (exact) mass is 303 g/mol. The van der Waals surface area contributed by atoms with Crippen molar-refractivity contribution in [2.24, 2.45) is 0 Å². The van der Waals surface area contributed by atoms with Crippen LogP contribution < -0.4 is 4.72 Å². The van der Waals surface area contributed by atoms with Gasteiger partial charge in [-0.2, -0.15) is 0 Å². The van der Waals surface area contributed by atoms with Gasteiger partial charge in [-0.15, -0.1) is 0 Å². The summed E-state index contributed by atoms with van der Waals surface area (Å²) in [7, 11) is 0.755. The number of amides is 1. The summed E-state index contributed by atoms with van der Waals surface area (Å²) >= 11 is 3.50. The average molecular weight is 305 g/mol. The van der Waals surface area contributed by atoms with Gasteiger partial charge < -0.3 is 5.11 Å². The van der Waals surface area contributed by atoms with Gasteiger partial charge in [-0.25, -0.2) is 4.79 Å². The molecule has 0 bridgehead atoms. The van der Waals surface area contributed by atoms with Crippen molar-refractivity contribution >= 4 is 28.7 Å². The summed E-state index contributed by atoms with van der Waals surface area (Å²) in [5, 5.41) is 11.0. The molecule has 0 aromatic carbocycles. The van der Waals surface area contributed by atoms with Gasteiger partial charge >= 0.3 is 72.8 Å². The maximum Gasteiger partial charge on any atom is 0.415 e. The van der Waals surface area contributed by atoms with Gasteiger partial charge in [0.15, 0.2) is 0 Å². The molecule has 0 heterocycles. The minimum Gasteiger partial charge on any atom is -0.464 e. The topological polar surface area (TPSA) is 49.3 Å². The number of carbonyl (C=O) groups is 1. The molecule has 0 saturated carbocycles. The molecule has 0 saturated heterocycles. The molecule has 0 aliphatic rings. The van der Waals surface area contributed by atoms with Crippen LogP contribution in [0.3, 0.4) is 0 Å². The Labute approximate surface area is 110 Å². The Balaban J connectivity index is 0.